The molecule has 2 aliphatic rings. The lowest BCUT2D eigenvalue weighted by Gasteiger charge is -2.39. The molecule has 2 aromatic rings. The van der Waals surface area contributed by atoms with Gasteiger partial charge in [0.25, 0.3) is 0 Å². The second-order valence-corrected chi connectivity index (χ2v) is 7.80. The fraction of sp³-hybridized carbons (Fsp3) is 0.375. The van der Waals surface area contributed by atoms with Crippen molar-refractivity contribution in [2.75, 3.05) is 21.3 Å². The smallest absolute Gasteiger partial charge is 0.354 e. The minimum atomic E-state index is -1.77. The first-order valence-corrected chi connectivity index (χ1v) is 10.2. The van der Waals surface area contributed by atoms with Gasteiger partial charge in [-0.2, -0.15) is 0 Å². The highest BCUT2D eigenvalue weighted by atomic mass is 16.6. The van der Waals surface area contributed by atoms with E-state index in [2.05, 4.69) is 0 Å². The van der Waals surface area contributed by atoms with Gasteiger partial charge in [-0.25, -0.2) is 4.79 Å². The maximum absolute atomic E-state index is 13.4. The van der Waals surface area contributed by atoms with Crippen molar-refractivity contribution in [2.45, 2.75) is 37.9 Å². The van der Waals surface area contributed by atoms with E-state index in [-0.39, 0.29) is 36.4 Å². The normalized spacial score (nSPS) is 21.9. The van der Waals surface area contributed by atoms with Crippen LogP contribution in [0.25, 0.3) is 11.1 Å². The number of rotatable bonds is 5. The van der Waals surface area contributed by atoms with Crippen LogP contribution in [0.5, 0.6) is 17.2 Å². The third-order valence-corrected chi connectivity index (χ3v) is 5.96. The summed E-state index contributed by atoms with van der Waals surface area (Å²) in [7, 11) is 4.26. The van der Waals surface area contributed by atoms with Crippen LogP contribution in [0, 0.1) is 6.92 Å². The highest BCUT2D eigenvalue weighted by Gasteiger charge is 2.58. The molecule has 0 amide bonds. The molecule has 0 unspecified atom stereocenters. The number of fused-ring (bicyclic) bond motifs is 1. The lowest BCUT2D eigenvalue weighted by Crippen LogP contribution is -2.58. The minimum absolute atomic E-state index is 0.135. The fourth-order valence-corrected chi connectivity index (χ4v) is 4.40. The summed E-state index contributed by atoms with van der Waals surface area (Å²) in [5, 5.41) is 0. The molecular weight excluding hydrogens is 416 g/mol. The summed E-state index contributed by atoms with van der Waals surface area (Å²) < 4.78 is 27.5. The quantitative estimate of drug-likeness (QED) is 0.654. The molecule has 1 saturated heterocycles. The van der Waals surface area contributed by atoms with Gasteiger partial charge in [0.05, 0.1) is 27.8 Å². The van der Waals surface area contributed by atoms with Crippen LogP contribution in [-0.4, -0.2) is 50.8 Å². The Morgan fingerprint density at radius 1 is 1.06 bits per heavy atom. The lowest BCUT2D eigenvalue weighted by molar-refractivity contribution is -0.175. The molecular formula is C24H24O8. The molecule has 0 aromatic heterocycles. The number of ether oxygens (including phenoxy) is 5. The van der Waals surface area contributed by atoms with Crippen molar-refractivity contribution in [3.63, 3.8) is 0 Å². The van der Waals surface area contributed by atoms with Gasteiger partial charge >= 0.3 is 11.9 Å². The van der Waals surface area contributed by atoms with Crippen LogP contribution in [0.3, 0.4) is 0 Å². The number of benzene rings is 2. The second kappa shape index (κ2) is 8.18. The summed E-state index contributed by atoms with van der Waals surface area (Å²) in [5.41, 5.74) is 0.647. The van der Waals surface area contributed by atoms with Gasteiger partial charge in [-0.05, 0) is 42.7 Å². The summed E-state index contributed by atoms with van der Waals surface area (Å²) in [6.45, 7) is 1.86. The van der Waals surface area contributed by atoms with Gasteiger partial charge < -0.3 is 23.7 Å². The Morgan fingerprint density at radius 2 is 1.78 bits per heavy atom. The molecule has 2 aliphatic heterocycles. The molecule has 0 spiro atoms. The number of cyclic esters (lactones) is 1. The molecule has 2 heterocycles. The maximum atomic E-state index is 13.4. The Balaban J connectivity index is 1.94. The SMILES string of the molecule is COC(=O)[C@]1([C@H]2CCC(=O)O2)CC(=O)c2c(OC)cc(C)c(-c3ccc(OC)cc3)c2O1. The average molecular weight is 440 g/mol. The Morgan fingerprint density at radius 3 is 2.34 bits per heavy atom. The molecule has 4 rings (SSSR count). The van der Waals surface area contributed by atoms with E-state index in [4.69, 9.17) is 23.7 Å². The number of hydrogen-bond donors (Lipinski definition) is 0. The van der Waals surface area contributed by atoms with E-state index in [1.165, 1.54) is 14.2 Å². The zero-order valence-corrected chi connectivity index (χ0v) is 18.4. The number of esters is 2. The molecule has 0 radical (unpaired) electrons. The van der Waals surface area contributed by atoms with Gasteiger partial charge in [-0.1, -0.05) is 12.1 Å². The molecule has 8 heteroatoms. The predicted octanol–water partition coefficient (Wildman–Crippen LogP) is 3.26. The van der Waals surface area contributed by atoms with Crippen LogP contribution in [0.4, 0.5) is 0 Å². The number of Topliss-reactive ketones (excluding diaryl/α,β-unsaturated/α-hetero) is 1. The standard InChI is InChI=1S/C24H24O8/c1-13-11-17(29-3)21-16(25)12-24(23(27)30-4,18-9-10-19(26)31-18)32-22(21)20(13)14-5-7-15(28-2)8-6-14/h5-8,11,18H,9-10,12H2,1-4H3/t18-,24-/m1/s1. The first kappa shape index (κ1) is 21.7. The molecule has 2 atom stereocenters. The van der Waals surface area contributed by atoms with Gasteiger partial charge in [-0.15, -0.1) is 0 Å². The van der Waals surface area contributed by atoms with Gasteiger partial charge in [0, 0.05) is 12.0 Å². The van der Waals surface area contributed by atoms with Gasteiger partial charge in [0.1, 0.15) is 22.8 Å². The van der Waals surface area contributed by atoms with E-state index < -0.39 is 23.6 Å². The Labute approximate surface area is 185 Å². The number of hydrogen-bond acceptors (Lipinski definition) is 8. The molecule has 32 heavy (non-hydrogen) atoms. The van der Waals surface area contributed by atoms with Gasteiger partial charge in [-0.3, -0.25) is 9.59 Å². The van der Waals surface area contributed by atoms with E-state index in [1.807, 2.05) is 19.1 Å². The molecule has 0 saturated carbocycles. The monoisotopic (exact) mass is 440 g/mol. The van der Waals surface area contributed by atoms with E-state index in [0.717, 1.165) is 11.1 Å². The zero-order valence-electron chi connectivity index (χ0n) is 18.4. The highest BCUT2D eigenvalue weighted by Crippen LogP contribution is 2.49. The summed E-state index contributed by atoms with van der Waals surface area (Å²) in [4.78, 5) is 38.2. The number of methoxy groups -OCH3 is 3. The van der Waals surface area contributed by atoms with Crippen molar-refractivity contribution >= 4 is 17.7 Å². The van der Waals surface area contributed by atoms with Crippen molar-refractivity contribution in [3.8, 4) is 28.4 Å². The molecule has 0 aliphatic carbocycles. The Bertz CT molecular complexity index is 1090. The third-order valence-electron chi connectivity index (χ3n) is 5.96. The molecule has 8 nitrogen and oxygen atoms in total. The number of aryl methyl sites for hydroxylation is 1. The van der Waals surface area contributed by atoms with Crippen molar-refractivity contribution in [2.24, 2.45) is 0 Å². The highest BCUT2D eigenvalue weighted by molar-refractivity contribution is 6.08. The topological polar surface area (TPSA) is 97.4 Å². The first-order chi connectivity index (χ1) is 15.3. The summed E-state index contributed by atoms with van der Waals surface area (Å²) in [6.07, 6.45) is -0.880. The Kier molecular flexibility index (Phi) is 5.54. The van der Waals surface area contributed by atoms with Crippen LogP contribution in [0.1, 0.15) is 35.2 Å². The zero-order chi connectivity index (χ0) is 23.0. The minimum Gasteiger partial charge on any atom is -0.497 e. The van der Waals surface area contributed by atoms with Crippen LogP contribution in [-0.2, 0) is 19.1 Å². The average Bonchev–Trinajstić information content (AvgIpc) is 3.24. The molecule has 2 aromatic carbocycles. The molecule has 1 fully saturated rings. The van der Waals surface area contributed by atoms with Gasteiger partial charge in [0.15, 0.2) is 11.9 Å². The van der Waals surface area contributed by atoms with Crippen molar-refractivity contribution in [1.82, 2.24) is 0 Å². The summed E-state index contributed by atoms with van der Waals surface area (Å²) in [6, 6.07) is 9.03. The Hall–Kier alpha value is -3.55. The predicted molar refractivity (Wildman–Crippen MR) is 113 cm³/mol. The molecule has 0 N–H and O–H groups in total. The first-order valence-electron chi connectivity index (χ1n) is 10.2. The molecule has 0 bridgehead atoms. The van der Waals surface area contributed by atoms with Gasteiger partial charge in [0.2, 0.25) is 5.60 Å². The summed E-state index contributed by atoms with van der Waals surface area (Å²) >= 11 is 0. The van der Waals surface area contributed by atoms with E-state index >= 15 is 0 Å². The van der Waals surface area contributed by atoms with Crippen LogP contribution in [0.2, 0.25) is 0 Å². The fourth-order valence-electron chi connectivity index (χ4n) is 4.40. The van der Waals surface area contributed by atoms with Crippen LogP contribution < -0.4 is 14.2 Å². The van der Waals surface area contributed by atoms with Crippen LogP contribution in [0.15, 0.2) is 30.3 Å². The van der Waals surface area contributed by atoms with E-state index in [9.17, 15) is 14.4 Å². The lowest BCUT2D eigenvalue weighted by atomic mass is 9.82. The van der Waals surface area contributed by atoms with Crippen molar-refractivity contribution in [3.05, 3.63) is 41.5 Å². The largest absolute Gasteiger partial charge is 0.497 e. The van der Waals surface area contributed by atoms with E-state index in [1.54, 1.807) is 25.3 Å². The van der Waals surface area contributed by atoms with E-state index in [0.29, 0.717) is 17.1 Å². The maximum Gasteiger partial charge on any atom is 0.354 e. The number of carbonyl (C=O) groups excluding carboxylic acids is 3. The van der Waals surface area contributed by atoms with Crippen LogP contribution >= 0.6 is 0 Å². The third kappa shape index (κ3) is 3.36. The number of carbonyl (C=O) groups is 3. The summed E-state index contributed by atoms with van der Waals surface area (Å²) in [5.74, 6) is -0.341. The second-order valence-electron chi connectivity index (χ2n) is 7.80. The van der Waals surface area contributed by atoms with Crippen molar-refractivity contribution in [1.29, 1.82) is 0 Å². The molecule has 168 valence electrons. The van der Waals surface area contributed by atoms with Crippen molar-refractivity contribution < 1.29 is 38.1 Å². The number of ketones is 1.